The lowest BCUT2D eigenvalue weighted by Crippen LogP contribution is -2.01. The number of anilines is 1. The second-order valence-electron chi connectivity index (χ2n) is 4.35. The van der Waals surface area contributed by atoms with Crippen LogP contribution < -0.4 is 5.32 Å². The average molecular weight is 247 g/mol. The first kappa shape index (κ1) is 12.3. The molecule has 1 aromatic carbocycles. The number of rotatable bonds is 3. The molecule has 5 heteroatoms. The van der Waals surface area contributed by atoms with Gasteiger partial charge in [-0.05, 0) is 31.5 Å². The number of nitrogens with one attached hydrogen (secondary N) is 1. The molecule has 2 aromatic rings. The van der Waals surface area contributed by atoms with Gasteiger partial charge in [0.15, 0.2) is 11.5 Å². The van der Waals surface area contributed by atoms with Crippen molar-refractivity contribution in [1.29, 1.82) is 0 Å². The fourth-order valence-corrected chi connectivity index (χ4v) is 1.90. The molecule has 0 spiro atoms. The van der Waals surface area contributed by atoms with E-state index in [9.17, 15) is 10.2 Å². The van der Waals surface area contributed by atoms with Crippen LogP contribution in [0.3, 0.4) is 0 Å². The highest BCUT2D eigenvalue weighted by Crippen LogP contribution is 2.26. The zero-order valence-corrected chi connectivity index (χ0v) is 10.7. The van der Waals surface area contributed by atoms with Gasteiger partial charge in [-0.25, -0.2) is 0 Å². The van der Waals surface area contributed by atoms with Gasteiger partial charge in [0.05, 0.1) is 17.1 Å². The van der Waals surface area contributed by atoms with Crippen molar-refractivity contribution in [3.63, 3.8) is 0 Å². The minimum atomic E-state index is -0.104. The van der Waals surface area contributed by atoms with Crippen LogP contribution in [-0.4, -0.2) is 20.0 Å². The molecule has 0 aliphatic heterocycles. The molecule has 0 bridgehead atoms. The predicted octanol–water partition coefficient (Wildman–Crippen LogP) is 2.06. The molecule has 1 aromatic heterocycles. The Hall–Kier alpha value is -2.17. The largest absolute Gasteiger partial charge is 0.504 e. The van der Waals surface area contributed by atoms with Gasteiger partial charge in [0.25, 0.3) is 0 Å². The first-order valence-corrected chi connectivity index (χ1v) is 5.74. The molecular weight excluding hydrogens is 230 g/mol. The number of phenols is 2. The summed E-state index contributed by atoms with van der Waals surface area (Å²) in [7, 11) is 1.90. The van der Waals surface area contributed by atoms with Gasteiger partial charge in [-0.2, -0.15) is 5.10 Å². The molecule has 5 nitrogen and oxygen atoms in total. The lowest BCUT2D eigenvalue weighted by molar-refractivity contribution is 0.403. The highest BCUT2D eigenvalue weighted by atomic mass is 16.3. The molecular formula is C13H17N3O2. The third-order valence-corrected chi connectivity index (χ3v) is 3.02. The molecule has 2 rings (SSSR count). The van der Waals surface area contributed by atoms with Crippen LogP contribution >= 0.6 is 0 Å². The molecule has 0 saturated heterocycles. The molecule has 18 heavy (non-hydrogen) atoms. The van der Waals surface area contributed by atoms with Crippen molar-refractivity contribution < 1.29 is 10.2 Å². The van der Waals surface area contributed by atoms with Gasteiger partial charge in [-0.1, -0.05) is 6.07 Å². The molecule has 0 aliphatic rings. The second-order valence-corrected chi connectivity index (χ2v) is 4.35. The van der Waals surface area contributed by atoms with Gasteiger partial charge < -0.3 is 15.5 Å². The highest BCUT2D eigenvalue weighted by Gasteiger charge is 2.09. The number of aromatic nitrogens is 2. The summed E-state index contributed by atoms with van der Waals surface area (Å²) < 4.78 is 1.83. The van der Waals surface area contributed by atoms with E-state index in [1.54, 1.807) is 12.1 Å². The van der Waals surface area contributed by atoms with Crippen molar-refractivity contribution >= 4 is 5.69 Å². The Morgan fingerprint density at radius 2 is 1.94 bits per heavy atom. The summed E-state index contributed by atoms with van der Waals surface area (Å²) >= 11 is 0. The van der Waals surface area contributed by atoms with Crippen molar-refractivity contribution in [3.05, 3.63) is 35.2 Å². The van der Waals surface area contributed by atoms with E-state index in [1.165, 1.54) is 6.07 Å². The molecule has 0 aliphatic carbocycles. The van der Waals surface area contributed by atoms with E-state index in [-0.39, 0.29) is 11.5 Å². The predicted molar refractivity (Wildman–Crippen MR) is 69.8 cm³/mol. The minimum absolute atomic E-state index is 0.103. The summed E-state index contributed by atoms with van der Waals surface area (Å²) in [4.78, 5) is 0. The number of aryl methyl sites for hydroxylation is 2. The van der Waals surface area contributed by atoms with E-state index in [4.69, 9.17) is 0 Å². The Morgan fingerprint density at radius 1 is 1.22 bits per heavy atom. The van der Waals surface area contributed by atoms with Crippen LogP contribution in [0.4, 0.5) is 5.69 Å². The molecule has 3 N–H and O–H groups in total. The molecule has 0 amide bonds. The summed E-state index contributed by atoms with van der Waals surface area (Å²) in [6.07, 6.45) is 0. The summed E-state index contributed by atoms with van der Waals surface area (Å²) in [5, 5.41) is 26.3. The Bertz CT molecular complexity index is 576. The zero-order chi connectivity index (χ0) is 13.3. The van der Waals surface area contributed by atoms with Gasteiger partial charge >= 0.3 is 0 Å². The Morgan fingerprint density at radius 3 is 2.50 bits per heavy atom. The number of benzene rings is 1. The van der Waals surface area contributed by atoms with Crippen LogP contribution in [-0.2, 0) is 13.6 Å². The summed E-state index contributed by atoms with van der Waals surface area (Å²) in [5.74, 6) is -0.207. The van der Waals surface area contributed by atoms with E-state index in [2.05, 4.69) is 10.4 Å². The van der Waals surface area contributed by atoms with Crippen LogP contribution in [0.15, 0.2) is 18.2 Å². The van der Waals surface area contributed by atoms with Gasteiger partial charge in [0.1, 0.15) is 0 Å². The molecule has 0 atom stereocenters. The molecule has 96 valence electrons. The molecule has 0 unspecified atom stereocenters. The standard InChI is InChI=1S/C13H17N3O2/c1-8-13(9(2)16(3)15-8)14-7-10-4-5-11(17)12(18)6-10/h4-6,14,17-18H,7H2,1-3H3. The van der Waals surface area contributed by atoms with Crippen molar-refractivity contribution in [2.24, 2.45) is 7.05 Å². The van der Waals surface area contributed by atoms with Crippen molar-refractivity contribution in [2.75, 3.05) is 5.32 Å². The van der Waals surface area contributed by atoms with Crippen molar-refractivity contribution in [2.45, 2.75) is 20.4 Å². The Balaban J connectivity index is 2.14. The van der Waals surface area contributed by atoms with Gasteiger partial charge in [0, 0.05) is 13.6 Å². The number of hydrogen-bond acceptors (Lipinski definition) is 4. The van der Waals surface area contributed by atoms with E-state index in [1.807, 2.05) is 25.6 Å². The third-order valence-electron chi connectivity index (χ3n) is 3.02. The first-order valence-electron chi connectivity index (χ1n) is 5.74. The molecule has 0 radical (unpaired) electrons. The monoisotopic (exact) mass is 247 g/mol. The lowest BCUT2D eigenvalue weighted by Gasteiger charge is -2.08. The quantitative estimate of drug-likeness (QED) is 0.726. The fourth-order valence-electron chi connectivity index (χ4n) is 1.90. The van der Waals surface area contributed by atoms with Gasteiger partial charge in [-0.15, -0.1) is 0 Å². The summed E-state index contributed by atoms with van der Waals surface area (Å²) in [5.41, 5.74) is 3.91. The fraction of sp³-hybridized carbons (Fsp3) is 0.308. The number of aromatic hydroxyl groups is 2. The molecule has 0 fully saturated rings. The maximum absolute atomic E-state index is 9.42. The lowest BCUT2D eigenvalue weighted by atomic mass is 10.2. The zero-order valence-electron chi connectivity index (χ0n) is 10.7. The summed E-state index contributed by atoms with van der Waals surface area (Å²) in [6.45, 7) is 4.52. The summed E-state index contributed by atoms with van der Waals surface area (Å²) in [6, 6.07) is 4.79. The smallest absolute Gasteiger partial charge is 0.157 e. The highest BCUT2D eigenvalue weighted by molar-refractivity contribution is 5.52. The Kier molecular flexibility index (Phi) is 3.14. The normalized spacial score (nSPS) is 10.6. The van der Waals surface area contributed by atoms with Gasteiger partial charge in [0.2, 0.25) is 0 Å². The van der Waals surface area contributed by atoms with Crippen LogP contribution in [0.25, 0.3) is 0 Å². The van der Waals surface area contributed by atoms with Crippen molar-refractivity contribution in [3.8, 4) is 11.5 Å². The molecule has 0 saturated carbocycles. The Labute approximate surface area is 106 Å². The van der Waals surface area contributed by atoms with Crippen molar-refractivity contribution in [1.82, 2.24) is 9.78 Å². The maximum atomic E-state index is 9.42. The number of phenolic OH excluding ortho intramolecular Hbond substituents is 2. The van der Waals surface area contributed by atoms with E-state index in [0.717, 1.165) is 22.6 Å². The van der Waals surface area contributed by atoms with E-state index >= 15 is 0 Å². The van der Waals surface area contributed by atoms with Gasteiger partial charge in [-0.3, -0.25) is 4.68 Å². The van der Waals surface area contributed by atoms with E-state index < -0.39 is 0 Å². The molecule has 1 heterocycles. The topological polar surface area (TPSA) is 70.3 Å². The van der Waals surface area contributed by atoms with Crippen LogP contribution in [0, 0.1) is 13.8 Å². The van der Waals surface area contributed by atoms with E-state index in [0.29, 0.717) is 6.54 Å². The third kappa shape index (κ3) is 2.25. The number of hydrogen-bond donors (Lipinski definition) is 3. The SMILES string of the molecule is Cc1nn(C)c(C)c1NCc1ccc(O)c(O)c1. The first-order chi connectivity index (χ1) is 8.49. The number of nitrogens with zero attached hydrogens (tertiary/aromatic N) is 2. The average Bonchev–Trinajstić information content (AvgIpc) is 2.56. The minimum Gasteiger partial charge on any atom is -0.504 e. The second kappa shape index (κ2) is 4.60. The van der Waals surface area contributed by atoms with Crippen LogP contribution in [0.2, 0.25) is 0 Å². The van der Waals surface area contributed by atoms with Crippen LogP contribution in [0.1, 0.15) is 17.0 Å². The van der Waals surface area contributed by atoms with Crippen LogP contribution in [0.5, 0.6) is 11.5 Å². The maximum Gasteiger partial charge on any atom is 0.157 e.